The van der Waals surface area contributed by atoms with Gasteiger partial charge in [-0.15, -0.1) is 12.4 Å². The molecule has 2 aromatic carbocycles. The van der Waals surface area contributed by atoms with Gasteiger partial charge in [0.05, 0.1) is 10.6 Å². The van der Waals surface area contributed by atoms with Gasteiger partial charge in [-0.3, -0.25) is 9.10 Å². The van der Waals surface area contributed by atoms with Crippen molar-refractivity contribution in [3.8, 4) is 0 Å². The molecule has 1 atom stereocenters. The van der Waals surface area contributed by atoms with Crippen molar-refractivity contribution >= 4 is 34.0 Å². The van der Waals surface area contributed by atoms with Crippen LogP contribution in [0, 0.1) is 0 Å². The van der Waals surface area contributed by atoms with Gasteiger partial charge >= 0.3 is 0 Å². The van der Waals surface area contributed by atoms with Gasteiger partial charge in [-0.2, -0.15) is 0 Å². The summed E-state index contributed by atoms with van der Waals surface area (Å²) in [5.74, 6) is -0.181. The highest BCUT2D eigenvalue weighted by Gasteiger charge is 2.22. The van der Waals surface area contributed by atoms with E-state index in [1.807, 2.05) is 6.07 Å². The van der Waals surface area contributed by atoms with Crippen LogP contribution in [-0.4, -0.2) is 40.5 Å². The van der Waals surface area contributed by atoms with Crippen molar-refractivity contribution in [2.75, 3.05) is 24.4 Å². The van der Waals surface area contributed by atoms with Gasteiger partial charge in [-0.25, -0.2) is 8.42 Å². The molecule has 0 bridgehead atoms. The Morgan fingerprint density at radius 3 is 2.37 bits per heavy atom. The molecule has 1 amide bonds. The van der Waals surface area contributed by atoms with Gasteiger partial charge in [-0.1, -0.05) is 18.2 Å². The Labute approximate surface area is 166 Å². The topological polar surface area (TPSA) is 78.5 Å². The molecule has 1 aliphatic rings. The number of piperidine rings is 1. The van der Waals surface area contributed by atoms with Crippen LogP contribution in [0.4, 0.5) is 5.69 Å². The number of para-hydroxylation sites is 1. The lowest BCUT2D eigenvalue weighted by Gasteiger charge is -2.24. The summed E-state index contributed by atoms with van der Waals surface area (Å²) in [7, 11) is -2.15. The van der Waals surface area contributed by atoms with Gasteiger partial charge in [0.1, 0.15) is 0 Å². The third-order valence-corrected chi connectivity index (χ3v) is 6.33. The maximum absolute atomic E-state index is 12.7. The number of sulfonamides is 1. The normalized spacial score (nSPS) is 16.9. The van der Waals surface area contributed by atoms with Crippen molar-refractivity contribution < 1.29 is 13.2 Å². The molecule has 2 N–H and O–H groups in total. The van der Waals surface area contributed by atoms with E-state index in [9.17, 15) is 13.2 Å². The van der Waals surface area contributed by atoms with Gasteiger partial charge in [0.15, 0.2) is 0 Å². The molecule has 0 unspecified atom stereocenters. The van der Waals surface area contributed by atoms with E-state index >= 15 is 0 Å². The molecule has 27 heavy (non-hydrogen) atoms. The zero-order valence-corrected chi connectivity index (χ0v) is 16.7. The van der Waals surface area contributed by atoms with E-state index in [-0.39, 0.29) is 29.3 Å². The first-order chi connectivity index (χ1) is 12.5. The predicted molar refractivity (Wildman–Crippen MR) is 109 cm³/mol. The Hall–Kier alpha value is -2.09. The standard InChI is InChI=1S/C19H23N3O3S.ClH/c1-22(17-7-3-2-4-8-17)26(24,25)18-11-9-15(10-12-18)19(23)21-16-6-5-13-20-14-16;/h2-4,7-12,16,20H,5-6,13-14H2,1H3,(H,21,23);1H/t16-;/m0./s1. The number of hydrogen-bond donors (Lipinski definition) is 2. The highest BCUT2D eigenvalue weighted by atomic mass is 35.5. The highest BCUT2D eigenvalue weighted by molar-refractivity contribution is 7.92. The van der Waals surface area contributed by atoms with Gasteiger partial charge in [0.2, 0.25) is 0 Å². The number of nitrogens with zero attached hydrogens (tertiary/aromatic N) is 1. The second-order valence-electron chi connectivity index (χ2n) is 6.35. The number of halogens is 1. The van der Waals surface area contributed by atoms with E-state index in [0.29, 0.717) is 11.3 Å². The minimum absolute atomic E-state index is 0. The zero-order valence-electron chi connectivity index (χ0n) is 15.1. The van der Waals surface area contributed by atoms with E-state index in [1.165, 1.54) is 23.5 Å². The first-order valence-electron chi connectivity index (χ1n) is 8.64. The fraction of sp³-hybridized carbons (Fsp3) is 0.316. The number of amides is 1. The van der Waals surface area contributed by atoms with Gasteiger partial charge in [0, 0.05) is 25.2 Å². The Kier molecular flexibility index (Phi) is 7.24. The fourth-order valence-corrected chi connectivity index (χ4v) is 4.15. The van der Waals surface area contributed by atoms with Gasteiger partial charge in [0.25, 0.3) is 15.9 Å². The first-order valence-corrected chi connectivity index (χ1v) is 10.1. The molecule has 1 saturated heterocycles. The van der Waals surface area contributed by atoms with Crippen LogP contribution >= 0.6 is 12.4 Å². The maximum Gasteiger partial charge on any atom is 0.264 e. The van der Waals surface area contributed by atoms with Crippen LogP contribution in [0.3, 0.4) is 0 Å². The number of benzene rings is 2. The van der Waals surface area contributed by atoms with Crippen LogP contribution in [0.2, 0.25) is 0 Å². The summed E-state index contributed by atoms with van der Waals surface area (Å²) >= 11 is 0. The summed E-state index contributed by atoms with van der Waals surface area (Å²) in [6.07, 6.45) is 1.99. The highest BCUT2D eigenvalue weighted by Crippen LogP contribution is 2.22. The largest absolute Gasteiger partial charge is 0.348 e. The summed E-state index contributed by atoms with van der Waals surface area (Å²) in [6.45, 7) is 1.74. The van der Waals surface area contributed by atoms with Crippen molar-refractivity contribution in [1.29, 1.82) is 0 Å². The van der Waals surface area contributed by atoms with Crippen molar-refractivity contribution in [2.24, 2.45) is 0 Å². The SMILES string of the molecule is CN(c1ccccc1)S(=O)(=O)c1ccc(C(=O)N[C@H]2CCCNC2)cc1.Cl. The molecular formula is C19H24ClN3O3S. The lowest BCUT2D eigenvalue weighted by Crippen LogP contribution is -2.45. The molecular weight excluding hydrogens is 386 g/mol. The second kappa shape index (κ2) is 9.21. The van der Waals surface area contributed by atoms with Gasteiger partial charge < -0.3 is 10.6 Å². The second-order valence-corrected chi connectivity index (χ2v) is 8.32. The van der Waals surface area contributed by atoms with Crippen molar-refractivity contribution in [3.05, 3.63) is 60.2 Å². The number of nitrogens with one attached hydrogen (secondary N) is 2. The molecule has 0 aromatic heterocycles. The van der Waals surface area contributed by atoms with Crippen molar-refractivity contribution in [1.82, 2.24) is 10.6 Å². The van der Waals surface area contributed by atoms with E-state index in [2.05, 4.69) is 10.6 Å². The minimum atomic E-state index is -3.67. The quantitative estimate of drug-likeness (QED) is 0.794. The van der Waals surface area contributed by atoms with Crippen LogP contribution in [0.1, 0.15) is 23.2 Å². The summed E-state index contributed by atoms with van der Waals surface area (Å²) in [5, 5.41) is 6.23. The van der Waals surface area contributed by atoms with Crippen LogP contribution in [0.5, 0.6) is 0 Å². The summed E-state index contributed by atoms with van der Waals surface area (Å²) in [6, 6.07) is 15.0. The Morgan fingerprint density at radius 1 is 1.11 bits per heavy atom. The van der Waals surface area contributed by atoms with Crippen molar-refractivity contribution in [3.63, 3.8) is 0 Å². The molecule has 0 saturated carbocycles. The Bertz CT molecular complexity index is 852. The number of hydrogen-bond acceptors (Lipinski definition) is 4. The molecule has 2 aromatic rings. The summed E-state index contributed by atoms with van der Waals surface area (Å²) < 4.78 is 26.7. The average Bonchev–Trinajstić information content (AvgIpc) is 2.69. The molecule has 1 fully saturated rings. The third-order valence-electron chi connectivity index (χ3n) is 4.53. The lowest BCUT2D eigenvalue weighted by molar-refractivity contribution is 0.0930. The fourth-order valence-electron chi connectivity index (χ4n) is 2.96. The van der Waals surface area contributed by atoms with E-state index in [0.717, 1.165) is 25.9 Å². The Balaban J connectivity index is 0.00000261. The van der Waals surface area contributed by atoms with Crippen LogP contribution in [0.25, 0.3) is 0 Å². The lowest BCUT2D eigenvalue weighted by atomic mass is 10.1. The van der Waals surface area contributed by atoms with Crippen LogP contribution in [-0.2, 0) is 10.0 Å². The molecule has 6 nitrogen and oxygen atoms in total. The molecule has 0 radical (unpaired) electrons. The summed E-state index contributed by atoms with van der Waals surface area (Å²) in [5.41, 5.74) is 1.04. The molecule has 1 aliphatic heterocycles. The molecule has 0 aliphatic carbocycles. The summed E-state index contributed by atoms with van der Waals surface area (Å²) in [4.78, 5) is 12.5. The van der Waals surface area contributed by atoms with Crippen LogP contribution in [0.15, 0.2) is 59.5 Å². The molecule has 146 valence electrons. The average molecular weight is 410 g/mol. The molecule has 0 spiro atoms. The molecule has 8 heteroatoms. The molecule has 3 rings (SSSR count). The molecule has 1 heterocycles. The van der Waals surface area contributed by atoms with E-state index < -0.39 is 10.0 Å². The monoisotopic (exact) mass is 409 g/mol. The zero-order chi connectivity index (χ0) is 18.6. The Morgan fingerprint density at radius 2 is 1.78 bits per heavy atom. The minimum Gasteiger partial charge on any atom is -0.348 e. The number of rotatable bonds is 5. The predicted octanol–water partition coefficient (Wildman–Crippen LogP) is 2.42. The number of carbonyl (C=O) groups is 1. The van der Waals surface area contributed by atoms with Crippen LogP contribution < -0.4 is 14.9 Å². The number of anilines is 1. The number of carbonyl (C=O) groups excluding carboxylic acids is 1. The first kappa shape index (κ1) is 21.2. The van der Waals surface area contributed by atoms with Gasteiger partial charge in [-0.05, 0) is 55.8 Å². The third kappa shape index (κ3) is 5.00. The van der Waals surface area contributed by atoms with E-state index in [1.54, 1.807) is 36.4 Å². The smallest absolute Gasteiger partial charge is 0.264 e. The maximum atomic E-state index is 12.7. The van der Waals surface area contributed by atoms with Crippen molar-refractivity contribution in [2.45, 2.75) is 23.8 Å². The van der Waals surface area contributed by atoms with E-state index in [4.69, 9.17) is 0 Å².